The molecule has 0 aliphatic carbocycles. The summed E-state index contributed by atoms with van der Waals surface area (Å²) < 4.78 is 29.5. The zero-order valence-electron chi connectivity index (χ0n) is 23.3. The zero-order chi connectivity index (χ0) is 28.1. The smallest absolute Gasteiger partial charge is 0.227 e. The molecule has 208 valence electrons. The van der Waals surface area contributed by atoms with Gasteiger partial charge in [0.1, 0.15) is 11.6 Å². The van der Waals surface area contributed by atoms with Crippen LogP contribution >= 0.6 is 11.6 Å². The van der Waals surface area contributed by atoms with Crippen molar-refractivity contribution in [3.05, 3.63) is 81.6 Å². The van der Waals surface area contributed by atoms with Gasteiger partial charge in [-0.25, -0.2) is 13.5 Å². The topological polar surface area (TPSA) is 41.4 Å². The molecule has 2 aliphatic rings. The lowest BCUT2D eigenvalue weighted by Gasteiger charge is -2.35. The zero-order valence-corrected chi connectivity index (χ0v) is 24.1. The quantitative estimate of drug-likeness (QED) is 0.363. The minimum Gasteiger partial charge on any atom is -0.342 e. The van der Waals surface area contributed by atoms with Crippen molar-refractivity contribution in [3.63, 3.8) is 0 Å². The Morgan fingerprint density at radius 2 is 1.72 bits per heavy atom. The monoisotopic (exact) mass is 554 g/mol. The van der Waals surface area contributed by atoms with Crippen molar-refractivity contribution in [2.75, 3.05) is 26.2 Å². The second-order valence-electron chi connectivity index (χ2n) is 12.1. The average molecular weight is 555 g/mol. The molecular formula is C31H37ClF2N4O. The van der Waals surface area contributed by atoms with E-state index >= 15 is 0 Å². The Labute approximate surface area is 234 Å². The van der Waals surface area contributed by atoms with Crippen LogP contribution in [0.5, 0.6) is 0 Å². The van der Waals surface area contributed by atoms with Crippen LogP contribution in [-0.2, 0) is 4.79 Å². The number of carbonyl (C=O) groups is 1. The van der Waals surface area contributed by atoms with Crippen molar-refractivity contribution >= 4 is 17.5 Å². The Kier molecular flexibility index (Phi) is 7.59. The van der Waals surface area contributed by atoms with Gasteiger partial charge in [0.15, 0.2) is 0 Å². The molecular weight excluding hydrogens is 518 g/mol. The number of carbonyl (C=O) groups excluding carboxylic acids is 1. The molecule has 2 atom stereocenters. The molecule has 0 saturated carbocycles. The second-order valence-corrected chi connectivity index (χ2v) is 12.5. The summed E-state index contributed by atoms with van der Waals surface area (Å²) in [5.74, 6) is -0.429. The van der Waals surface area contributed by atoms with E-state index in [2.05, 4.69) is 36.8 Å². The van der Waals surface area contributed by atoms with Crippen molar-refractivity contribution in [2.24, 2.45) is 5.92 Å². The largest absolute Gasteiger partial charge is 0.342 e. The maximum Gasteiger partial charge on any atom is 0.227 e. The number of likely N-dealkylation sites (tertiary alicyclic amines) is 2. The molecule has 3 heterocycles. The summed E-state index contributed by atoms with van der Waals surface area (Å²) in [4.78, 5) is 18.4. The highest BCUT2D eigenvalue weighted by Gasteiger charge is 2.44. The van der Waals surface area contributed by atoms with Gasteiger partial charge < -0.3 is 4.90 Å². The molecule has 1 aromatic heterocycles. The van der Waals surface area contributed by atoms with Crippen LogP contribution < -0.4 is 0 Å². The molecule has 0 radical (unpaired) electrons. The Hall–Kier alpha value is -2.77. The van der Waals surface area contributed by atoms with E-state index in [9.17, 15) is 13.6 Å². The molecule has 5 rings (SSSR count). The van der Waals surface area contributed by atoms with Crippen LogP contribution in [0.3, 0.4) is 0 Å². The summed E-state index contributed by atoms with van der Waals surface area (Å²) in [6.45, 7) is 13.2. The number of aromatic nitrogens is 2. The number of hydrogen-bond donors (Lipinski definition) is 0. The van der Waals surface area contributed by atoms with E-state index in [1.807, 2.05) is 29.5 Å². The Balaban J connectivity index is 1.34. The number of nitrogens with zero attached hydrogens (tertiary/aromatic N) is 4. The molecule has 2 saturated heterocycles. The molecule has 0 bridgehead atoms. The number of rotatable bonds is 4. The third kappa shape index (κ3) is 5.62. The van der Waals surface area contributed by atoms with Crippen molar-refractivity contribution in [3.8, 4) is 5.69 Å². The molecule has 2 aliphatic heterocycles. The number of piperidine rings is 1. The van der Waals surface area contributed by atoms with Gasteiger partial charge in [-0.1, -0.05) is 17.7 Å². The standard InChI is InChI=1S/C31H37ClF2N4O/c1-19-14-22(33)6-8-24(19)25-17-37(31(3,4)5)18-26(25)30(39)36-12-10-21(11-13-36)29-15-20(2)35-38(29)23-7-9-28(34)27(32)16-23/h6-9,14-16,21,25-26H,10-13,17-18H2,1-5H3/t25-,26+/m0/s1. The van der Waals surface area contributed by atoms with Gasteiger partial charge in [-0.2, -0.15) is 5.10 Å². The van der Waals surface area contributed by atoms with Gasteiger partial charge in [0.05, 0.1) is 22.3 Å². The van der Waals surface area contributed by atoms with Crippen LogP contribution in [0.15, 0.2) is 42.5 Å². The highest BCUT2D eigenvalue weighted by molar-refractivity contribution is 6.30. The number of benzene rings is 2. The summed E-state index contributed by atoms with van der Waals surface area (Å²) in [7, 11) is 0. The van der Waals surface area contributed by atoms with Gasteiger partial charge in [-0.15, -0.1) is 0 Å². The van der Waals surface area contributed by atoms with Gasteiger partial charge in [0.25, 0.3) is 0 Å². The fourth-order valence-electron chi connectivity index (χ4n) is 6.24. The SMILES string of the molecule is Cc1cc(C2CCN(C(=O)[C@@H]3CN(C(C)(C)C)C[C@H]3c3ccc(F)cc3C)CC2)n(-c2ccc(F)c(Cl)c2)n1. The predicted octanol–water partition coefficient (Wildman–Crippen LogP) is 6.64. The molecule has 2 aromatic carbocycles. The van der Waals surface area contributed by atoms with Gasteiger partial charge in [0, 0.05) is 49.2 Å². The summed E-state index contributed by atoms with van der Waals surface area (Å²) in [6, 6.07) is 11.7. The van der Waals surface area contributed by atoms with Crippen LogP contribution in [0.25, 0.3) is 5.69 Å². The Bertz CT molecular complexity index is 1370. The van der Waals surface area contributed by atoms with E-state index in [0.29, 0.717) is 19.6 Å². The molecule has 0 N–H and O–H groups in total. The van der Waals surface area contributed by atoms with E-state index in [-0.39, 0.29) is 40.0 Å². The maximum absolute atomic E-state index is 14.0. The summed E-state index contributed by atoms with van der Waals surface area (Å²) in [6.07, 6.45) is 1.64. The van der Waals surface area contributed by atoms with E-state index < -0.39 is 5.82 Å². The minimum atomic E-state index is -0.455. The summed E-state index contributed by atoms with van der Waals surface area (Å²) in [5.41, 5.74) is 4.57. The Morgan fingerprint density at radius 1 is 1.00 bits per heavy atom. The molecule has 0 spiro atoms. The van der Waals surface area contributed by atoms with Gasteiger partial charge >= 0.3 is 0 Å². The van der Waals surface area contributed by atoms with Crippen LogP contribution in [0.1, 0.15) is 68.0 Å². The lowest BCUT2D eigenvalue weighted by atomic mass is 9.84. The Morgan fingerprint density at radius 3 is 2.36 bits per heavy atom. The van der Waals surface area contributed by atoms with E-state index in [0.717, 1.165) is 47.6 Å². The van der Waals surface area contributed by atoms with E-state index in [4.69, 9.17) is 11.6 Å². The molecule has 0 unspecified atom stereocenters. The third-order valence-electron chi connectivity index (χ3n) is 8.45. The fraction of sp³-hybridized carbons (Fsp3) is 0.484. The van der Waals surface area contributed by atoms with E-state index in [1.165, 1.54) is 12.1 Å². The van der Waals surface area contributed by atoms with E-state index in [1.54, 1.807) is 18.2 Å². The molecule has 2 fully saturated rings. The van der Waals surface area contributed by atoms with Gasteiger partial charge in [-0.05, 0) is 95.0 Å². The first kappa shape index (κ1) is 27.8. The minimum absolute atomic E-state index is 0.0300. The lowest BCUT2D eigenvalue weighted by Crippen LogP contribution is -2.44. The van der Waals surface area contributed by atoms with Crippen LogP contribution in [0.4, 0.5) is 8.78 Å². The fourth-order valence-corrected chi connectivity index (χ4v) is 6.41. The molecule has 1 amide bonds. The highest BCUT2D eigenvalue weighted by atomic mass is 35.5. The average Bonchev–Trinajstić information content (AvgIpc) is 3.50. The molecule has 3 aromatic rings. The summed E-state index contributed by atoms with van der Waals surface area (Å²) >= 11 is 6.05. The molecule has 8 heteroatoms. The number of halogens is 3. The van der Waals surface area contributed by atoms with Crippen molar-refractivity contribution in [2.45, 2.75) is 64.8 Å². The highest BCUT2D eigenvalue weighted by Crippen LogP contribution is 2.40. The van der Waals surface area contributed by atoms with Gasteiger partial charge in [0.2, 0.25) is 5.91 Å². The number of amides is 1. The number of hydrogen-bond acceptors (Lipinski definition) is 3. The van der Waals surface area contributed by atoms with Crippen LogP contribution in [0.2, 0.25) is 5.02 Å². The summed E-state index contributed by atoms with van der Waals surface area (Å²) in [5, 5.41) is 4.72. The van der Waals surface area contributed by atoms with Crippen LogP contribution in [0, 0.1) is 31.4 Å². The second kappa shape index (κ2) is 10.7. The first-order valence-corrected chi connectivity index (χ1v) is 14.1. The first-order chi connectivity index (χ1) is 18.4. The lowest BCUT2D eigenvalue weighted by molar-refractivity contribution is -0.136. The van der Waals surface area contributed by atoms with Crippen molar-refractivity contribution in [1.29, 1.82) is 0 Å². The number of aryl methyl sites for hydroxylation is 2. The predicted molar refractivity (Wildman–Crippen MR) is 151 cm³/mol. The molecule has 5 nitrogen and oxygen atoms in total. The maximum atomic E-state index is 14.0. The van der Waals surface area contributed by atoms with Crippen molar-refractivity contribution < 1.29 is 13.6 Å². The third-order valence-corrected chi connectivity index (χ3v) is 8.74. The molecule has 39 heavy (non-hydrogen) atoms. The normalized spacial score (nSPS) is 21.1. The van der Waals surface area contributed by atoms with Gasteiger partial charge in [-0.3, -0.25) is 9.69 Å². The van der Waals surface area contributed by atoms with Crippen molar-refractivity contribution in [1.82, 2.24) is 19.6 Å². The first-order valence-electron chi connectivity index (χ1n) is 13.7. The van der Waals surface area contributed by atoms with Crippen LogP contribution in [-0.4, -0.2) is 57.2 Å².